The van der Waals surface area contributed by atoms with E-state index in [1.165, 1.54) is 16.2 Å². The summed E-state index contributed by atoms with van der Waals surface area (Å²) in [7, 11) is 0. The standard InChI is InChI=1S/C21H18BrN3O3S/c1-2-11-24-16-8-5-14(22)12-17(16)29-21(24)23-20(28)13-3-6-15(7-4-13)25-18(26)9-10-19(25)27/h3-8,12H,2,9-11H2,1H3. The van der Waals surface area contributed by atoms with Gasteiger partial charge in [0.1, 0.15) is 0 Å². The Hall–Kier alpha value is -2.58. The van der Waals surface area contributed by atoms with Crippen molar-refractivity contribution in [3.8, 4) is 0 Å². The number of fused-ring (bicyclic) bond motifs is 1. The van der Waals surface area contributed by atoms with Gasteiger partial charge in [0.25, 0.3) is 5.91 Å². The van der Waals surface area contributed by atoms with Crippen LogP contribution in [0.15, 0.2) is 51.9 Å². The molecule has 4 rings (SSSR count). The van der Waals surface area contributed by atoms with Crippen molar-refractivity contribution >= 4 is 60.9 Å². The van der Waals surface area contributed by atoms with E-state index in [0.717, 1.165) is 27.7 Å². The normalized spacial score (nSPS) is 15.0. The van der Waals surface area contributed by atoms with Crippen molar-refractivity contribution in [2.45, 2.75) is 32.7 Å². The predicted octanol–water partition coefficient (Wildman–Crippen LogP) is 4.27. The zero-order chi connectivity index (χ0) is 20.5. The van der Waals surface area contributed by atoms with Crippen LogP contribution >= 0.6 is 27.3 Å². The Bertz CT molecular complexity index is 1180. The first-order valence-corrected chi connectivity index (χ1v) is 10.9. The molecule has 1 saturated heterocycles. The van der Waals surface area contributed by atoms with Crippen LogP contribution in [0.2, 0.25) is 0 Å². The number of nitrogens with zero attached hydrogens (tertiary/aromatic N) is 3. The Labute approximate surface area is 179 Å². The van der Waals surface area contributed by atoms with Gasteiger partial charge >= 0.3 is 0 Å². The van der Waals surface area contributed by atoms with Crippen LogP contribution in [0.25, 0.3) is 10.2 Å². The minimum atomic E-state index is -0.355. The van der Waals surface area contributed by atoms with Crippen molar-refractivity contribution in [2.75, 3.05) is 4.90 Å². The lowest BCUT2D eigenvalue weighted by Gasteiger charge is -2.13. The van der Waals surface area contributed by atoms with E-state index >= 15 is 0 Å². The molecule has 3 aromatic rings. The summed E-state index contributed by atoms with van der Waals surface area (Å²) < 4.78 is 4.09. The first-order chi connectivity index (χ1) is 14.0. The van der Waals surface area contributed by atoms with Gasteiger partial charge in [-0.25, -0.2) is 0 Å². The molecule has 1 aromatic heterocycles. The largest absolute Gasteiger partial charge is 0.316 e. The summed E-state index contributed by atoms with van der Waals surface area (Å²) in [5.74, 6) is -0.780. The number of hydrogen-bond acceptors (Lipinski definition) is 4. The number of carbonyl (C=O) groups excluding carboxylic acids is 3. The number of anilines is 1. The molecule has 0 spiro atoms. The summed E-state index contributed by atoms with van der Waals surface area (Å²) in [5, 5.41) is 0. The van der Waals surface area contributed by atoms with E-state index in [1.54, 1.807) is 24.3 Å². The van der Waals surface area contributed by atoms with Gasteiger partial charge in [-0.3, -0.25) is 19.3 Å². The van der Waals surface area contributed by atoms with Gasteiger partial charge in [-0.15, -0.1) is 0 Å². The van der Waals surface area contributed by atoms with Crippen LogP contribution in [0, 0.1) is 0 Å². The second-order valence-electron chi connectivity index (χ2n) is 6.74. The van der Waals surface area contributed by atoms with Crippen molar-refractivity contribution in [1.29, 1.82) is 0 Å². The average molecular weight is 472 g/mol. The van der Waals surface area contributed by atoms with Gasteiger partial charge in [-0.2, -0.15) is 4.99 Å². The van der Waals surface area contributed by atoms with E-state index in [2.05, 4.69) is 32.4 Å². The number of halogens is 1. The van der Waals surface area contributed by atoms with Crippen LogP contribution in [0.4, 0.5) is 5.69 Å². The van der Waals surface area contributed by atoms with Crippen LogP contribution in [0.5, 0.6) is 0 Å². The molecule has 1 aliphatic heterocycles. The maximum atomic E-state index is 12.7. The Kier molecular flexibility index (Phi) is 5.47. The third kappa shape index (κ3) is 3.82. The number of amides is 3. The summed E-state index contributed by atoms with van der Waals surface area (Å²) >= 11 is 4.96. The number of rotatable bonds is 4. The zero-order valence-corrected chi connectivity index (χ0v) is 18.1. The molecule has 1 fully saturated rings. The van der Waals surface area contributed by atoms with E-state index in [0.29, 0.717) is 16.1 Å². The van der Waals surface area contributed by atoms with E-state index in [4.69, 9.17) is 0 Å². The fourth-order valence-corrected chi connectivity index (χ4v) is 4.95. The van der Waals surface area contributed by atoms with E-state index in [1.807, 2.05) is 18.2 Å². The Balaban J connectivity index is 1.68. The molecule has 0 bridgehead atoms. The molecule has 29 heavy (non-hydrogen) atoms. The molecule has 0 saturated carbocycles. The molecule has 0 aliphatic carbocycles. The van der Waals surface area contributed by atoms with E-state index in [9.17, 15) is 14.4 Å². The summed E-state index contributed by atoms with van der Waals surface area (Å²) in [5.41, 5.74) is 1.95. The Morgan fingerprint density at radius 1 is 1.10 bits per heavy atom. The second kappa shape index (κ2) is 8.04. The summed E-state index contributed by atoms with van der Waals surface area (Å²) in [6, 6.07) is 12.5. The molecule has 0 atom stereocenters. The van der Waals surface area contributed by atoms with Crippen LogP contribution in [0.1, 0.15) is 36.5 Å². The number of thiazole rings is 1. The molecule has 1 aliphatic rings. The van der Waals surface area contributed by atoms with Crippen molar-refractivity contribution in [1.82, 2.24) is 4.57 Å². The smallest absolute Gasteiger partial charge is 0.279 e. The maximum Gasteiger partial charge on any atom is 0.279 e. The monoisotopic (exact) mass is 471 g/mol. The topological polar surface area (TPSA) is 71.7 Å². The Morgan fingerprint density at radius 2 is 1.79 bits per heavy atom. The minimum absolute atomic E-state index is 0.212. The summed E-state index contributed by atoms with van der Waals surface area (Å²) in [6.45, 7) is 2.85. The molecule has 148 valence electrons. The highest BCUT2D eigenvalue weighted by Crippen LogP contribution is 2.24. The van der Waals surface area contributed by atoms with Crippen LogP contribution in [0.3, 0.4) is 0 Å². The molecular formula is C21H18BrN3O3S. The number of benzene rings is 2. The van der Waals surface area contributed by atoms with Crippen molar-refractivity contribution in [3.63, 3.8) is 0 Å². The van der Waals surface area contributed by atoms with Gasteiger partial charge in [-0.05, 0) is 48.9 Å². The SMILES string of the molecule is CCCn1c(=NC(=O)c2ccc(N3C(=O)CCC3=O)cc2)sc2cc(Br)ccc21. The van der Waals surface area contributed by atoms with Gasteiger partial charge in [0.05, 0.1) is 15.9 Å². The van der Waals surface area contributed by atoms with Crippen molar-refractivity contribution in [2.24, 2.45) is 4.99 Å². The predicted molar refractivity (Wildman–Crippen MR) is 116 cm³/mol. The molecule has 6 nitrogen and oxygen atoms in total. The van der Waals surface area contributed by atoms with Gasteiger partial charge in [0, 0.05) is 29.4 Å². The third-order valence-corrected chi connectivity index (χ3v) is 6.25. The van der Waals surface area contributed by atoms with Crippen LogP contribution in [-0.4, -0.2) is 22.3 Å². The lowest BCUT2D eigenvalue weighted by atomic mass is 10.2. The third-order valence-electron chi connectivity index (χ3n) is 4.71. The quantitative estimate of drug-likeness (QED) is 0.533. The number of aryl methyl sites for hydroxylation is 1. The van der Waals surface area contributed by atoms with Crippen molar-refractivity contribution < 1.29 is 14.4 Å². The molecule has 0 unspecified atom stereocenters. The van der Waals surface area contributed by atoms with Gasteiger partial charge in [-0.1, -0.05) is 34.2 Å². The molecule has 0 N–H and O–H groups in total. The molecule has 8 heteroatoms. The number of imide groups is 1. The molecule has 2 aromatic carbocycles. The lowest BCUT2D eigenvalue weighted by Crippen LogP contribution is -2.28. The number of carbonyl (C=O) groups is 3. The van der Waals surface area contributed by atoms with Crippen LogP contribution in [-0.2, 0) is 16.1 Å². The van der Waals surface area contributed by atoms with Gasteiger partial charge in [0.2, 0.25) is 11.8 Å². The fraction of sp³-hybridized carbons (Fsp3) is 0.238. The second-order valence-corrected chi connectivity index (χ2v) is 8.66. The highest BCUT2D eigenvalue weighted by molar-refractivity contribution is 9.10. The molecule has 0 radical (unpaired) electrons. The summed E-state index contributed by atoms with van der Waals surface area (Å²) in [6.07, 6.45) is 1.39. The highest BCUT2D eigenvalue weighted by Gasteiger charge is 2.30. The van der Waals surface area contributed by atoms with Gasteiger partial charge in [0.15, 0.2) is 4.80 Å². The minimum Gasteiger partial charge on any atom is -0.316 e. The Morgan fingerprint density at radius 3 is 2.45 bits per heavy atom. The maximum absolute atomic E-state index is 12.7. The first kappa shape index (κ1) is 19.7. The number of hydrogen-bond donors (Lipinski definition) is 0. The average Bonchev–Trinajstić information content (AvgIpc) is 3.21. The van der Waals surface area contributed by atoms with Gasteiger partial charge < -0.3 is 4.57 Å². The van der Waals surface area contributed by atoms with Crippen molar-refractivity contribution in [3.05, 3.63) is 57.3 Å². The zero-order valence-electron chi connectivity index (χ0n) is 15.7. The molecular weight excluding hydrogens is 454 g/mol. The highest BCUT2D eigenvalue weighted by atomic mass is 79.9. The summed E-state index contributed by atoms with van der Waals surface area (Å²) in [4.78, 5) is 42.7. The molecule has 2 heterocycles. The first-order valence-electron chi connectivity index (χ1n) is 9.31. The molecule has 3 amide bonds. The van der Waals surface area contributed by atoms with Crippen LogP contribution < -0.4 is 9.70 Å². The lowest BCUT2D eigenvalue weighted by molar-refractivity contribution is -0.121. The van der Waals surface area contributed by atoms with E-state index in [-0.39, 0.29) is 30.6 Å². The van der Waals surface area contributed by atoms with E-state index < -0.39 is 0 Å². The fourth-order valence-electron chi connectivity index (χ4n) is 3.34. The number of aromatic nitrogens is 1.